The molecule has 3 amide bonds. The van der Waals surface area contributed by atoms with Gasteiger partial charge in [0.2, 0.25) is 5.91 Å². The van der Waals surface area contributed by atoms with Crippen LogP contribution in [-0.2, 0) is 16.1 Å². The highest BCUT2D eigenvalue weighted by atomic mass is 32.1. The largest absolute Gasteiger partial charge is 0.444 e. The van der Waals surface area contributed by atoms with Crippen molar-refractivity contribution in [3.8, 4) is 0 Å². The molecule has 0 saturated heterocycles. The van der Waals surface area contributed by atoms with Gasteiger partial charge in [-0.1, -0.05) is 24.3 Å². The van der Waals surface area contributed by atoms with Gasteiger partial charge >= 0.3 is 6.09 Å². The van der Waals surface area contributed by atoms with E-state index in [0.29, 0.717) is 10.6 Å². The Morgan fingerprint density at radius 1 is 1.04 bits per heavy atom. The van der Waals surface area contributed by atoms with Gasteiger partial charge in [-0.05, 0) is 43.8 Å². The van der Waals surface area contributed by atoms with Crippen LogP contribution in [0.25, 0.3) is 0 Å². The lowest BCUT2D eigenvalue weighted by molar-refractivity contribution is -0.115. The average molecular weight is 389 g/mol. The number of thiophene rings is 1. The first-order valence-electron chi connectivity index (χ1n) is 8.41. The Morgan fingerprint density at radius 3 is 2.44 bits per heavy atom. The lowest BCUT2D eigenvalue weighted by atomic mass is 10.1. The molecular weight excluding hydrogens is 366 g/mol. The van der Waals surface area contributed by atoms with Crippen molar-refractivity contribution >= 4 is 34.9 Å². The first kappa shape index (κ1) is 20.4. The minimum atomic E-state index is -0.658. The monoisotopic (exact) mass is 389 g/mol. The van der Waals surface area contributed by atoms with E-state index in [1.165, 1.54) is 11.3 Å². The number of hydrogen-bond donors (Lipinski definition) is 3. The van der Waals surface area contributed by atoms with Gasteiger partial charge in [0, 0.05) is 12.2 Å². The molecule has 0 aliphatic rings. The van der Waals surface area contributed by atoms with Crippen LogP contribution in [0.3, 0.4) is 0 Å². The lowest BCUT2D eigenvalue weighted by Gasteiger charge is -2.19. The molecule has 2 aromatic rings. The molecular formula is C19H23N3O4S. The van der Waals surface area contributed by atoms with Gasteiger partial charge in [-0.15, -0.1) is 11.3 Å². The number of carbonyl (C=O) groups is 3. The second-order valence-corrected chi connectivity index (χ2v) is 7.67. The molecule has 0 aliphatic heterocycles. The van der Waals surface area contributed by atoms with E-state index in [4.69, 9.17) is 4.74 Å². The third-order valence-corrected chi connectivity index (χ3v) is 4.14. The first-order valence-corrected chi connectivity index (χ1v) is 9.29. The summed E-state index contributed by atoms with van der Waals surface area (Å²) in [5.41, 5.74) is 0.696. The van der Waals surface area contributed by atoms with Gasteiger partial charge in [0.15, 0.2) is 0 Å². The molecule has 144 valence electrons. The zero-order chi connectivity index (χ0) is 19.9. The molecule has 8 heteroatoms. The van der Waals surface area contributed by atoms with Crippen molar-refractivity contribution in [2.75, 3.05) is 11.9 Å². The maximum atomic E-state index is 12.1. The summed E-state index contributed by atoms with van der Waals surface area (Å²) >= 11 is 1.36. The Balaban J connectivity index is 1.88. The zero-order valence-corrected chi connectivity index (χ0v) is 16.3. The fraction of sp³-hybridized carbons (Fsp3) is 0.316. The van der Waals surface area contributed by atoms with E-state index in [1.54, 1.807) is 39.0 Å². The van der Waals surface area contributed by atoms with Crippen LogP contribution in [0.4, 0.5) is 10.5 Å². The van der Waals surface area contributed by atoms with Crippen molar-refractivity contribution in [1.82, 2.24) is 10.6 Å². The quantitative estimate of drug-likeness (QED) is 0.707. The maximum absolute atomic E-state index is 12.1. The van der Waals surface area contributed by atoms with Crippen LogP contribution in [-0.4, -0.2) is 30.1 Å². The van der Waals surface area contributed by atoms with E-state index >= 15 is 0 Å². The Labute approximate surface area is 162 Å². The van der Waals surface area contributed by atoms with Gasteiger partial charge in [-0.3, -0.25) is 9.59 Å². The van der Waals surface area contributed by atoms with E-state index in [2.05, 4.69) is 16.0 Å². The minimum absolute atomic E-state index is 0.169. The number of nitrogens with one attached hydrogen (secondary N) is 3. The Morgan fingerprint density at radius 2 is 1.78 bits per heavy atom. The molecule has 2 rings (SSSR count). The molecule has 0 unspecified atom stereocenters. The van der Waals surface area contributed by atoms with Crippen molar-refractivity contribution in [2.24, 2.45) is 0 Å². The summed E-state index contributed by atoms with van der Waals surface area (Å²) in [6.07, 6.45) is -0.658. The summed E-state index contributed by atoms with van der Waals surface area (Å²) in [4.78, 5) is 36.4. The molecule has 0 saturated carbocycles. The number of carbonyl (C=O) groups excluding carboxylic acids is 3. The molecule has 27 heavy (non-hydrogen) atoms. The summed E-state index contributed by atoms with van der Waals surface area (Å²) in [5.74, 6) is -0.560. The number of alkyl carbamates (subject to hydrolysis) is 1. The summed E-state index contributed by atoms with van der Waals surface area (Å²) in [6, 6.07) is 10.7. The lowest BCUT2D eigenvalue weighted by Crippen LogP contribution is -2.37. The smallest absolute Gasteiger partial charge is 0.408 e. The fourth-order valence-electron chi connectivity index (χ4n) is 2.13. The molecule has 0 bridgehead atoms. The topological polar surface area (TPSA) is 96.5 Å². The second-order valence-electron chi connectivity index (χ2n) is 6.72. The Kier molecular flexibility index (Phi) is 6.95. The van der Waals surface area contributed by atoms with E-state index < -0.39 is 17.6 Å². The van der Waals surface area contributed by atoms with E-state index in [-0.39, 0.29) is 19.0 Å². The number of amides is 3. The fourth-order valence-corrected chi connectivity index (χ4v) is 2.77. The Bertz CT molecular complexity index is 798. The standard InChI is InChI=1S/C19H23N3O4S/c1-19(2,3)26-18(25)21-12-16(23)22-14-8-5-4-7-13(14)11-20-17(24)15-9-6-10-27-15/h4-10H,11-12H2,1-3H3,(H,20,24)(H,21,25)(H,22,23). The number of benzene rings is 1. The maximum Gasteiger partial charge on any atom is 0.408 e. The summed E-state index contributed by atoms with van der Waals surface area (Å²) < 4.78 is 5.09. The van der Waals surface area contributed by atoms with Crippen LogP contribution in [0.1, 0.15) is 36.0 Å². The second kappa shape index (κ2) is 9.18. The van der Waals surface area contributed by atoms with Crippen LogP contribution in [0.2, 0.25) is 0 Å². The Hall–Kier alpha value is -2.87. The van der Waals surface area contributed by atoms with Gasteiger partial charge in [0.1, 0.15) is 12.1 Å². The van der Waals surface area contributed by atoms with Crippen LogP contribution in [0, 0.1) is 0 Å². The van der Waals surface area contributed by atoms with Crippen molar-refractivity contribution in [2.45, 2.75) is 32.9 Å². The molecule has 1 aromatic carbocycles. The van der Waals surface area contributed by atoms with Crippen molar-refractivity contribution in [3.63, 3.8) is 0 Å². The SMILES string of the molecule is CC(C)(C)OC(=O)NCC(=O)Nc1ccccc1CNC(=O)c1cccs1. The molecule has 0 fully saturated rings. The van der Waals surface area contributed by atoms with Crippen molar-refractivity contribution in [1.29, 1.82) is 0 Å². The van der Waals surface area contributed by atoms with E-state index in [0.717, 1.165) is 5.56 Å². The highest BCUT2D eigenvalue weighted by Gasteiger charge is 2.17. The summed E-state index contributed by atoms with van der Waals surface area (Å²) in [5, 5.41) is 9.79. The van der Waals surface area contributed by atoms with Crippen LogP contribution < -0.4 is 16.0 Å². The highest BCUT2D eigenvalue weighted by molar-refractivity contribution is 7.12. The molecule has 7 nitrogen and oxygen atoms in total. The molecule has 0 spiro atoms. The third-order valence-electron chi connectivity index (χ3n) is 3.27. The van der Waals surface area contributed by atoms with Crippen LogP contribution in [0.5, 0.6) is 0 Å². The normalized spacial score (nSPS) is 10.8. The number of para-hydroxylation sites is 1. The van der Waals surface area contributed by atoms with Gasteiger partial charge in [-0.2, -0.15) is 0 Å². The molecule has 0 radical (unpaired) electrons. The molecule has 1 aromatic heterocycles. The first-order chi connectivity index (χ1) is 12.7. The van der Waals surface area contributed by atoms with Crippen molar-refractivity contribution in [3.05, 3.63) is 52.2 Å². The minimum Gasteiger partial charge on any atom is -0.444 e. The van der Waals surface area contributed by atoms with Gasteiger partial charge in [0.25, 0.3) is 5.91 Å². The molecule has 0 atom stereocenters. The number of hydrogen-bond acceptors (Lipinski definition) is 5. The average Bonchev–Trinajstić information content (AvgIpc) is 3.12. The molecule has 1 heterocycles. The van der Waals surface area contributed by atoms with E-state index in [1.807, 2.05) is 23.6 Å². The van der Waals surface area contributed by atoms with Gasteiger partial charge in [-0.25, -0.2) is 4.79 Å². The molecule has 3 N–H and O–H groups in total. The van der Waals surface area contributed by atoms with Crippen molar-refractivity contribution < 1.29 is 19.1 Å². The summed E-state index contributed by atoms with van der Waals surface area (Å²) in [6.45, 7) is 5.28. The number of rotatable bonds is 6. The van der Waals surface area contributed by atoms with Gasteiger partial charge < -0.3 is 20.7 Å². The summed E-state index contributed by atoms with van der Waals surface area (Å²) in [7, 11) is 0. The molecule has 0 aliphatic carbocycles. The highest BCUT2D eigenvalue weighted by Crippen LogP contribution is 2.15. The predicted molar refractivity (Wildman–Crippen MR) is 105 cm³/mol. The number of anilines is 1. The predicted octanol–water partition coefficient (Wildman–Crippen LogP) is 3.14. The van der Waals surface area contributed by atoms with Crippen LogP contribution in [0.15, 0.2) is 41.8 Å². The van der Waals surface area contributed by atoms with Gasteiger partial charge in [0.05, 0.1) is 4.88 Å². The van der Waals surface area contributed by atoms with Crippen LogP contribution >= 0.6 is 11.3 Å². The van der Waals surface area contributed by atoms with E-state index in [9.17, 15) is 14.4 Å². The third kappa shape index (κ3) is 7.10. The number of ether oxygens (including phenoxy) is 1. The zero-order valence-electron chi connectivity index (χ0n) is 15.5.